The number of benzene rings is 1. The maximum atomic E-state index is 11.5. The van der Waals surface area contributed by atoms with Crippen LogP contribution in [0.3, 0.4) is 0 Å². The second-order valence-corrected chi connectivity index (χ2v) is 5.04. The summed E-state index contributed by atoms with van der Waals surface area (Å²) in [6.45, 7) is 0. The molecule has 2 N–H and O–H groups in total. The van der Waals surface area contributed by atoms with E-state index in [9.17, 15) is 4.79 Å². The van der Waals surface area contributed by atoms with Gasteiger partial charge in [0.15, 0.2) is 0 Å². The summed E-state index contributed by atoms with van der Waals surface area (Å²) >= 11 is 0. The lowest BCUT2D eigenvalue weighted by molar-refractivity contribution is 0.1000. The van der Waals surface area contributed by atoms with Crippen molar-refractivity contribution in [3.05, 3.63) is 65.5 Å². The fourth-order valence-corrected chi connectivity index (χ4v) is 2.22. The average Bonchev–Trinajstić information content (AvgIpc) is 2.94. The van der Waals surface area contributed by atoms with E-state index in [1.165, 1.54) is 0 Å². The van der Waals surface area contributed by atoms with E-state index in [1.54, 1.807) is 30.1 Å². The van der Waals surface area contributed by atoms with Crippen molar-refractivity contribution in [2.45, 2.75) is 6.42 Å². The summed E-state index contributed by atoms with van der Waals surface area (Å²) in [6.07, 6.45) is 2.37. The van der Waals surface area contributed by atoms with E-state index >= 15 is 0 Å². The van der Waals surface area contributed by atoms with Gasteiger partial charge in [-0.1, -0.05) is 35.5 Å². The van der Waals surface area contributed by atoms with E-state index in [4.69, 9.17) is 5.73 Å². The lowest BCUT2D eigenvalue weighted by Crippen LogP contribution is -2.12. The maximum absolute atomic E-state index is 11.5. The summed E-state index contributed by atoms with van der Waals surface area (Å²) in [4.78, 5) is 16.1. The van der Waals surface area contributed by atoms with Crippen LogP contribution in [0.5, 0.6) is 0 Å². The van der Waals surface area contributed by atoms with E-state index in [0.717, 1.165) is 11.3 Å². The SMILES string of the molecule is Cn1cc(-c2cc(C(N)=O)cc(Cc3ccccc3)n2)nn1. The Kier molecular flexibility index (Phi) is 3.65. The molecule has 110 valence electrons. The van der Waals surface area contributed by atoms with E-state index < -0.39 is 5.91 Å². The number of carbonyl (C=O) groups excluding carboxylic acids is 1. The Balaban J connectivity index is 2.02. The van der Waals surface area contributed by atoms with Gasteiger partial charge in [0.2, 0.25) is 5.91 Å². The van der Waals surface area contributed by atoms with Gasteiger partial charge in [-0.05, 0) is 17.7 Å². The molecule has 0 aliphatic heterocycles. The first-order chi connectivity index (χ1) is 10.6. The molecule has 6 nitrogen and oxygen atoms in total. The molecule has 0 radical (unpaired) electrons. The van der Waals surface area contributed by atoms with Gasteiger partial charge < -0.3 is 5.73 Å². The first-order valence-corrected chi connectivity index (χ1v) is 6.83. The number of hydrogen-bond donors (Lipinski definition) is 1. The Morgan fingerprint density at radius 3 is 2.59 bits per heavy atom. The molecule has 0 aliphatic rings. The highest BCUT2D eigenvalue weighted by atomic mass is 16.1. The van der Waals surface area contributed by atoms with Gasteiger partial charge in [0, 0.05) is 24.7 Å². The number of rotatable bonds is 4. The van der Waals surface area contributed by atoms with Crippen molar-refractivity contribution in [2.24, 2.45) is 12.8 Å². The molecule has 0 saturated heterocycles. The second-order valence-electron chi connectivity index (χ2n) is 5.04. The van der Waals surface area contributed by atoms with Crippen LogP contribution >= 0.6 is 0 Å². The molecule has 6 heteroatoms. The number of nitrogens with zero attached hydrogens (tertiary/aromatic N) is 4. The molecule has 0 spiro atoms. The number of pyridine rings is 1. The lowest BCUT2D eigenvalue weighted by Gasteiger charge is -2.06. The lowest BCUT2D eigenvalue weighted by atomic mass is 10.1. The molecule has 3 aromatic rings. The van der Waals surface area contributed by atoms with Gasteiger partial charge in [-0.25, -0.2) is 0 Å². The largest absolute Gasteiger partial charge is 0.366 e. The summed E-state index contributed by atoms with van der Waals surface area (Å²) in [7, 11) is 1.78. The Morgan fingerprint density at radius 1 is 1.18 bits per heavy atom. The summed E-state index contributed by atoms with van der Waals surface area (Å²) in [5.41, 5.74) is 8.92. The third-order valence-corrected chi connectivity index (χ3v) is 3.26. The molecule has 0 atom stereocenters. The number of amides is 1. The van der Waals surface area contributed by atoms with Crippen LogP contribution in [0.1, 0.15) is 21.6 Å². The topological polar surface area (TPSA) is 86.7 Å². The molecule has 2 heterocycles. The van der Waals surface area contributed by atoms with Crippen molar-refractivity contribution in [3.63, 3.8) is 0 Å². The molecular formula is C16H15N5O. The minimum Gasteiger partial charge on any atom is -0.366 e. The van der Waals surface area contributed by atoms with Crippen molar-refractivity contribution >= 4 is 5.91 Å². The van der Waals surface area contributed by atoms with Crippen LogP contribution in [-0.4, -0.2) is 25.9 Å². The van der Waals surface area contributed by atoms with Crippen molar-refractivity contribution in [1.82, 2.24) is 20.0 Å². The van der Waals surface area contributed by atoms with Crippen molar-refractivity contribution in [1.29, 1.82) is 0 Å². The number of aromatic nitrogens is 4. The highest BCUT2D eigenvalue weighted by Crippen LogP contribution is 2.18. The van der Waals surface area contributed by atoms with Gasteiger partial charge in [0.25, 0.3) is 0 Å². The molecule has 3 rings (SSSR count). The van der Waals surface area contributed by atoms with Gasteiger partial charge in [-0.3, -0.25) is 14.5 Å². The number of aryl methyl sites for hydroxylation is 1. The number of nitrogens with two attached hydrogens (primary N) is 1. The predicted molar refractivity (Wildman–Crippen MR) is 82.0 cm³/mol. The molecule has 2 aromatic heterocycles. The Hall–Kier alpha value is -3.02. The normalized spacial score (nSPS) is 10.6. The van der Waals surface area contributed by atoms with Gasteiger partial charge in [0.05, 0.1) is 11.9 Å². The number of hydrogen-bond acceptors (Lipinski definition) is 4. The van der Waals surface area contributed by atoms with Crippen LogP contribution in [0.4, 0.5) is 0 Å². The molecule has 0 bridgehead atoms. The molecular weight excluding hydrogens is 278 g/mol. The van der Waals surface area contributed by atoms with Gasteiger partial charge in [-0.2, -0.15) is 0 Å². The second kappa shape index (κ2) is 5.77. The zero-order valence-corrected chi connectivity index (χ0v) is 12.1. The quantitative estimate of drug-likeness (QED) is 0.791. The smallest absolute Gasteiger partial charge is 0.248 e. The molecule has 0 saturated carbocycles. The summed E-state index contributed by atoms with van der Waals surface area (Å²) in [5.74, 6) is -0.484. The molecule has 0 unspecified atom stereocenters. The van der Waals surface area contributed by atoms with E-state index in [-0.39, 0.29) is 0 Å². The van der Waals surface area contributed by atoms with Crippen LogP contribution in [0.2, 0.25) is 0 Å². The standard InChI is InChI=1S/C16H15N5O/c1-21-10-15(19-20-21)14-9-12(16(17)22)8-13(18-14)7-11-5-3-2-4-6-11/h2-6,8-10H,7H2,1H3,(H2,17,22). The first-order valence-electron chi connectivity index (χ1n) is 6.83. The van der Waals surface area contributed by atoms with Gasteiger partial charge in [-0.15, -0.1) is 5.10 Å². The van der Waals surface area contributed by atoms with Crippen LogP contribution in [0.15, 0.2) is 48.7 Å². The number of carbonyl (C=O) groups is 1. The highest BCUT2D eigenvalue weighted by molar-refractivity contribution is 5.93. The fourth-order valence-electron chi connectivity index (χ4n) is 2.22. The summed E-state index contributed by atoms with van der Waals surface area (Å²) < 4.78 is 1.59. The molecule has 0 aliphatic carbocycles. The average molecular weight is 293 g/mol. The maximum Gasteiger partial charge on any atom is 0.248 e. The van der Waals surface area contributed by atoms with Crippen LogP contribution in [0, 0.1) is 0 Å². The van der Waals surface area contributed by atoms with Crippen molar-refractivity contribution in [3.8, 4) is 11.4 Å². The third-order valence-electron chi connectivity index (χ3n) is 3.26. The molecule has 0 fully saturated rings. The van der Waals surface area contributed by atoms with Crippen molar-refractivity contribution < 1.29 is 4.79 Å². The van der Waals surface area contributed by atoms with E-state index in [1.807, 2.05) is 30.3 Å². The van der Waals surface area contributed by atoms with E-state index in [0.29, 0.717) is 23.4 Å². The highest BCUT2D eigenvalue weighted by Gasteiger charge is 2.11. The summed E-state index contributed by atoms with van der Waals surface area (Å²) in [6, 6.07) is 13.3. The monoisotopic (exact) mass is 293 g/mol. The third kappa shape index (κ3) is 3.01. The fraction of sp³-hybridized carbons (Fsp3) is 0.125. The molecule has 1 aromatic carbocycles. The Labute approximate surface area is 127 Å². The van der Waals surface area contributed by atoms with Crippen LogP contribution in [-0.2, 0) is 13.5 Å². The number of primary amides is 1. The zero-order chi connectivity index (χ0) is 15.5. The predicted octanol–water partition coefficient (Wildman–Crippen LogP) is 1.57. The van der Waals surface area contributed by atoms with Gasteiger partial charge in [0.1, 0.15) is 5.69 Å². The van der Waals surface area contributed by atoms with E-state index in [2.05, 4.69) is 15.3 Å². The van der Waals surface area contributed by atoms with Crippen LogP contribution in [0.25, 0.3) is 11.4 Å². The van der Waals surface area contributed by atoms with Gasteiger partial charge >= 0.3 is 0 Å². The zero-order valence-electron chi connectivity index (χ0n) is 12.1. The molecule has 22 heavy (non-hydrogen) atoms. The first kappa shape index (κ1) is 13.9. The minimum atomic E-state index is -0.484. The minimum absolute atomic E-state index is 0.418. The summed E-state index contributed by atoms with van der Waals surface area (Å²) in [5, 5.41) is 7.92. The van der Waals surface area contributed by atoms with Crippen molar-refractivity contribution in [2.75, 3.05) is 0 Å². The van der Waals surface area contributed by atoms with Crippen LogP contribution < -0.4 is 5.73 Å². The Bertz CT molecular complexity index is 810. The Morgan fingerprint density at radius 2 is 1.95 bits per heavy atom. The molecule has 1 amide bonds.